The fraction of sp³-hybridized carbons (Fsp3) is 0.0400. The highest BCUT2D eigenvalue weighted by Gasteiger charge is 2.29. The van der Waals surface area contributed by atoms with Gasteiger partial charge in [0.1, 0.15) is 5.75 Å². The third kappa shape index (κ3) is 5.83. The lowest BCUT2D eigenvalue weighted by molar-refractivity contribution is 0.599. The van der Waals surface area contributed by atoms with E-state index >= 15 is 0 Å². The first-order valence-electron chi connectivity index (χ1n) is 18.7. The molecule has 0 fully saturated rings. The zero-order valence-corrected chi connectivity index (χ0v) is 32.5. The van der Waals surface area contributed by atoms with Crippen LogP contribution in [0.25, 0.3) is 54.5 Å². The zero-order valence-electron chi connectivity index (χ0n) is 30.7. The van der Waals surface area contributed by atoms with Gasteiger partial charge in [-0.1, -0.05) is 164 Å². The molecule has 2 heterocycles. The maximum atomic E-state index is 7.72. The molecule has 0 unspecified atom stereocenters. The van der Waals surface area contributed by atoms with Gasteiger partial charge in [0.25, 0.3) is 0 Å². The number of nitrogens with zero attached hydrogens (tertiary/aromatic N) is 2. The maximum Gasteiger partial charge on any atom is 0.318 e. The van der Waals surface area contributed by atoms with E-state index in [1.807, 2.05) is 0 Å². The van der Waals surface area contributed by atoms with Crippen LogP contribution in [0.15, 0.2) is 194 Å². The van der Waals surface area contributed by atoms with Crippen LogP contribution in [-0.2, 0) is 0 Å². The number of rotatable bonds is 8. The number of aromatic nitrogens is 2. The lowest BCUT2D eigenvalue weighted by Gasteiger charge is -2.27. The zero-order chi connectivity index (χ0) is 36.9. The van der Waals surface area contributed by atoms with Gasteiger partial charge >= 0.3 is 8.45 Å². The van der Waals surface area contributed by atoms with Crippen LogP contribution in [0.5, 0.6) is 5.75 Å². The molecule has 0 amide bonds. The molecule has 10 aromatic rings. The summed E-state index contributed by atoms with van der Waals surface area (Å²) in [6.07, 6.45) is 4.54. The minimum Gasteiger partial charge on any atom is -0.435 e. The van der Waals surface area contributed by atoms with Crippen molar-refractivity contribution in [1.82, 2.24) is 8.68 Å². The summed E-state index contributed by atoms with van der Waals surface area (Å²) in [4.78, 5) is 0. The van der Waals surface area contributed by atoms with Crippen molar-refractivity contribution in [3.8, 4) is 16.9 Å². The average Bonchev–Trinajstić information content (AvgIpc) is 3.76. The van der Waals surface area contributed by atoms with Gasteiger partial charge in [-0.25, -0.2) is 0 Å². The summed E-state index contributed by atoms with van der Waals surface area (Å²) >= 11 is 0. The minimum absolute atomic E-state index is 0.865. The molecule has 0 aliphatic carbocycles. The van der Waals surface area contributed by atoms with Gasteiger partial charge in [-0.15, -0.1) is 0 Å². The first-order chi connectivity index (χ1) is 27.1. The van der Waals surface area contributed by atoms with Crippen molar-refractivity contribution in [3.05, 3.63) is 206 Å². The Morgan fingerprint density at radius 2 is 0.836 bits per heavy atom. The fourth-order valence-electron chi connectivity index (χ4n) is 8.10. The van der Waals surface area contributed by atoms with Crippen LogP contribution >= 0.6 is 16.4 Å². The maximum absolute atomic E-state index is 7.72. The van der Waals surface area contributed by atoms with Crippen molar-refractivity contribution in [2.75, 3.05) is 0 Å². The lowest BCUT2D eigenvalue weighted by Crippen LogP contribution is -2.22. The van der Waals surface area contributed by atoms with Gasteiger partial charge in [0.2, 0.25) is 0 Å². The monoisotopic (exact) mass is 744 g/mol. The Balaban J connectivity index is 1.29. The molecule has 0 aliphatic heterocycles. The number of hydrogen-bond acceptors (Lipinski definition) is 1. The largest absolute Gasteiger partial charge is 0.435 e. The minimum atomic E-state index is -1.46. The Hall–Kier alpha value is -5.98. The van der Waals surface area contributed by atoms with Crippen molar-refractivity contribution in [3.63, 3.8) is 0 Å². The van der Waals surface area contributed by atoms with E-state index < -0.39 is 16.4 Å². The summed E-state index contributed by atoms with van der Waals surface area (Å²) in [5.74, 6) is 0.865. The number of benzene rings is 8. The number of aryl methyl sites for hydroxylation is 2. The summed E-state index contributed by atoms with van der Waals surface area (Å²) in [5.41, 5.74) is 7.12. The molecule has 3 nitrogen and oxygen atoms in total. The number of para-hydroxylation sites is 2. The summed E-state index contributed by atoms with van der Waals surface area (Å²) < 4.78 is 12.5. The van der Waals surface area contributed by atoms with Crippen molar-refractivity contribution < 1.29 is 4.52 Å². The average molecular weight is 745 g/mol. The van der Waals surface area contributed by atoms with Crippen LogP contribution in [0.1, 0.15) is 11.1 Å². The highest BCUT2D eigenvalue weighted by Crippen LogP contribution is 2.52. The van der Waals surface area contributed by atoms with Crippen molar-refractivity contribution in [2.24, 2.45) is 0 Å². The molecular weight excluding hydrogens is 707 g/mol. The second kappa shape index (κ2) is 14.0. The van der Waals surface area contributed by atoms with E-state index in [0.29, 0.717) is 0 Å². The van der Waals surface area contributed by atoms with E-state index in [2.05, 4.69) is 217 Å². The van der Waals surface area contributed by atoms with Crippen LogP contribution in [0, 0.1) is 13.8 Å². The summed E-state index contributed by atoms with van der Waals surface area (Å²) in [6, 6.07) is 66.2. The Morgan fingerprint density at radius 3 is 1.38 bits per heavy atom. The molecule has 0 N–H and O–H groups in total. The van der Waals surface area contributed by atoms with Gasteiger partial charge < -0.3 is 4.52 Å². The molecule has 0 aliphatic rings. The fourth-order valence-corrected chi connectivity index (χ4v) is 12.5. The topological polar surface area (TPSA) is 19.1 Å². The molecule has 2 aromatic heterocycles. The molecule has 264 valence electrons. The summed E-state index contributed by atoms with van der Waals surface area (Å²) in [5, 5.41) is 11.2. The molecule has 10 rings (SSSR count). The van der Waals surface area contributed by atoms with Crippen molar-refractivity contribution in [1.29, 1.82) is 0 Å². The van der Waals surface area contributed by atoms with E-state index in [9.17, 15) is 0 Å². The number of fused-ring (bicyclic) bond motifs is 4. The quantitative estimate of drug-likeness (QED) is 0.142. The van der Waals surface area contributed by atoms with Gasteiger partial charge in [0, 0.05) is 34.3 Å². The van der Waals surface area contributed by atoms with E-state index in [0.717, 1.165) is 22.3 Å². The third-order valence-corrected chi connectivity index (χ3v) is 14.9. The van der Waals surface area contributed by atoms with Gasteiger partial charge in [0.15, 0.2) is 0 Å². The summed E-state index contributed by atoms with van der Waals surface area (Å²) in [7, 11) is -2.40. The smallest absolute Gasteiger partial charge is 0.318 e. The Kier molecular flexibility index (Phi) is 8.56. The van der Waals surface area contributed by atoms with Crippen molar-refractivity contribution in [2.45, 2.75) is 13.8 Å². The Labute approximate surface area is 323 Å². The van der Waals surface area contributed by atoms with Crippen LogP contribution in [-0.4, -0.2) is 8.68 Å². The second-order valence-corrected chi connectivity index (χ2v) is 17.8. The molecule has 0 saturated heterocycles. The van der Waals surface area contributed by atoms with Gasteiger partial charge in [-0.3, -0.25) is 8.68 Å². The van der Waals surface area contributed by atoms with Crippen LogP contribution in [0.4, 0.5) is 0 Å². The first kappa shape index (κ1) is 33.6. The highest BCUT2D eigenvalue weighted by atomic mass is 31.2. The third-order valence-electron chi connectivity index (χ3n) is 10.6. The van der Waals surface area contributed by atoms with Crippen LogP contribution in [0.3, 0.4) is 0 Å². The molecule has 0 spiro atoms. The second-order valence-electron chi connectivity index (χ2n) is 14.0. The summed E-state index contributed by atoms with van der Waals surface area (Å²) in [6.45, 7) is 4.40. The standard InChI is InChI=1S/C50H38N2OP2/c1-35-33-51(45-27-15-13-23-41(35)45)55(52-34-36(2)42-24-14-16-28-46(42)52)53-47-31-29-37-17-9-11-25-43(37)49(47)50-44-26-12-10-18-38(44)30-32-48(50)54(39-19-5-3-6-20-39)40-21-7-4-8-22-40/h3-34H,1-2H3. The molecule has 8 aromatic carbocycles. The molecule has 5 heteroatoms. The molecule has 0 atom stereocenters. The molecule has 0 radical (unpaired) electrons. The van der Waals surface area contributed by atoms with Gasteiger partial charge in [-0.05, 0) is 88.6 Å². The Morgan fingerprint density at radius 1 is 0.400 bits per heavy atom. The predicted molar refractivity (Wildman–Crippen MR) is 237 cm³/mol. The van der Waals surface area contributed by atoms with Gasteiger partial charge in [0.05, 0.1) is 11.0 Å². The normalized spacial score (nSPS) is 11.8. The van der Waals surface area contributed by atoms with E-state index in [1.54, 1.807) is 0 Å². The predicted octanol–water partition coefficient (Wildman–Crippen LogP) is 12.6. The van der Waals surface area contributed by atoms with Gasteiger partial charge in [-0.2, -0.15) is 0 Å². The lowest BCUT2D eigenvalue weighted by atomic mass is 9.93. The van der Waals surface area contributed by atoms with Crippen LogP contribution in [0.2, 0.25) is 0 Å². The highest BCUT2D eigenvalue weighted by molar-refractivity contribution is 7.80. The molecule has 55 heavy (non-hydrogen) atoms. The number of hydrogen-bond donors (Lipinski definition) is 0. The van der Waals surface area contributed by atoms with E-state index in [-0.39, 0.29) is 0 Å². The van der Waals surface area contributed by atoms with Crippen LogP contribution < -0.4 is 20.4 Å². The Bertz CT molecular complexity index is 2880. The van der Waals surface area contributed by atoms with Crippen molar-refractivity contribution >= 4 is 75.6 Å². The molecular formula is C50H38N2OP2. The first-order valence-corrected chi connectivity index (χ1v) is 21.2. The van der Waals surface area contributed by atoms with E-state index in [4.69, 9.17) is 4.52 Å². The SMILES string of the molecule is Cc1cn(P(Oc2ccc3ccccc3c2-c2c(P(c3ccccc3)c3ccccc3)ccc3ccccc23)n2cc(C)c3ccccc32)c2ccccc12. The molecule has 0 saturated carbocycles. The molecule has 0 bridgehead atoms. The van der Waals surface area contributed by atoms with E-state index in [1.165, 1.54) is 64.9 Å².